The van der Waals surface area contributed by atoms with Crippen LogP contribution in [0.3, 0.4) is 0 Å². The van der Waals surface area contributed by atoms with Crippen molar-refractivity contribution in [2.75, 3.05) is 6.61 Å². The molecule has 108 valence electrons. The summed E-state index contributed by atoms with van der Waals surface area (Å²) in [6.07, 6.45) is 1.96. The molecular weight excluding hydrogens is 309 g/mol. The van der Waals surface area contributed by atoms with Crippen LogP contribution in [0.4, 0.5) is 4.39 Å². The van der Waals surface area contributed by atoms with Crippen LogP contribution in [0.1, 0.15) is 17.5 Å². The molecule has 2 nitrogen and oxygen atoms in total. The van der Waals surface area contributed by atoms with Crippen LogP contribution >= 0.6 is 23.4 Å². The largest absolute Gasteiger partial charge is 0.395 e. The van der Waals surface area contributed by atoms with Crippen molar-refractivity contribution in [2.45, 2.75) is 17.2 Å². The second-order valence-electron chi connectivity index (χ2n) is 4.18. The Kier molecular flexibility index (Phi) is 6.06. The summed E-state index contributed by atoms with van der Waals surface area (Å²) in [4.78, 5) is 4.15. The Hall–Kier alpha value is -1.54. The third-order valence-electron chi connectivity index (χ3n) is 2.60. The lowest BCUT2D eigenvalue weighted by Crippen LogP contribution is -1.90. The third kappa shape index (κ3) is 5.05. The van der Waals surface area contributed by atoms with Crippen molar-refractivity contribution >= 4 is 23.4 Å². The number of thioether (sulfide) groups is 1. The van der Waals surface area contributed by atoms with Gasteiger partial charge in [0.15, 0.2) is 0 Å². The Morgan fingerprint density at radius 1 is 1.29 bits per heavy atom. The normalized spacial score (nSPS) is 10.0. The summed E-state index contributed by atoms with van der Waals surface area (Å²) in [6, 6.07) is 8.47. The molecule has 0 bridgehead atoms. The highest BCUT2D eigenvalue weighted by Crippen LogP contribution is 2.23. The quantitative estimate of drug-likeness (QED) is 0.685. The predicted molar refractivity (Wildman–Crippen MR) is 83.8 cm³/mol. The molecule has 2 rings (SSSR count). The van der Waals surface area contributed by atoms with Gasteiger partial charge in [-0.15, -0.1) is 11.8 Å². The molecule has 0 amide bonds. The van der Waals surface area contributed by atoms with E-state index in [2.05, 4.69) is 16.8 Å². The zero-order valence-electron chi connectivity index (χ0n) is 11.1. The van der Waals surface area contributed by atoms with Crippen molar-refractivity contribution in [2.24, 2.45) is 0 Å². The molecule has 1 aromatic carbocycles. The fourth-order valence-electron chi connectivity index (χ4n) is 1.56. The van der Waals surface area contributed by atoms with Crippen molar-refractivity contribution in [3.05, 3.63) is 58.5 Å². The highest BCUT2D eigenvalue weighted by molar-refractivity contribution is 7.98. The van der Waals surface area contributed by atoms with Crippen LogP contribution in [0.5, 0.6) is 0 Å². The van der Waals surface area contributed by atoms with E-state index in [4.69, 9.17) is 16.7 Å². The number of hydrogen-bond acceptors (Lipinski definition) is 3. The Balaban J connectivity index is 2.01. The van der Waals surface area contributed by atoms with Crippen molar-refractivity contribution < 1.29 is 9.50 Å². The van der Waals surface area contributed by atoms with Gasteiger partial charge in [0.05, 0.1) is 16.7 Å². The maximum Gasteiger partial charge on any atom is 0.128 e. The lowest BCUT2D eigenvalue weighted by molar-refractivity contribution is 0.305. The Labute approximate surface area is 132 Å². The van der Waals surface area contributed by atoms with Gasteiger partial charge >= 0.3 is 0 Å². The van der Waals surface area contributed by atoms with Crippen molar-refractivity contribution in [3.8, 4) is 11.8 Å². The Morgan fingerprint density at radius 3 is 2.81 bits per heavy atom. The van der Waals surface area contributed by atoms with E-state index >= 15 is 0 Å². The van der Waals surface area contributed by atoms with Gasteiger partial charge in [-0.3, -0.25) is 0 Å². The summed E-state index contributed by atoms with van der Waals surface area (Å²) < 4.78 is 14.0. The van der Waals surface area contributed by atoms with Crippen molar-refractivity contribution in [1.82, 2.24) is 4.98 Å². The summed E-state index contributed by atoms with van der Waals surface area (Å²) in [5.41, 5.74) is 1.21. The summed E-state index contributed by atoms with van der Waals surface area (Å²) >= 11 is 7.21. The van der Waals surface area contributed by atoms with Gasteiger partial charge in [-0.05, 0) is 29.8 Å². The molecule has 1 aromatic heterocycles. The molecule has 0 radical (unpaired) electrons. The fourth-order valence-corrected chi connectivity index (χ4v) is 2.50. The van der Waals surface area contributed by atoms with Crippen LogP contribution in [0, 0.1) is 17.7 Å². The molecule has 0 aliphatic rings. The zero-order valence-corrected chi connectivity index (χ0v) is 12.7. The summed E-state index contributed by atoms with van der Waals surface area (Å²) in [5.74, 6) is 5.78. The number of halogens is 2. The molecule has 1 heterocycles. The molecule has 0 aliphatic heterocycles. The molecule has 0 spiro atoms. The SMILES string of the molecule is OCCC#Cc1ccc(CSc2ccc(Cl)cn2)c(F)c1. The van der Waals surface area contributed by atoms with E-state index in [1.54, 1.807) is 30.5 Å². The first-order valence-corrected chi connectivity index (χ1v) is 7.68. The minimum atomic E-state index is -0.285. The van der Waals surface area contributed by atoms with Crippen LogP contribution in [0.15, 0.2) is 41.6 Å². The van der Waals surface area contributed by atoms with E-state index in [0.29, 0.717) is 28.3 Å². The first-order chi connectivity index (χ1) is 10.2. The van der Waals surface area contributed by atoms with Crippen LogP contribution in [-0.2, 0) is 5.75 Å². The van der Waals surface area contributed by atoms with Crippen LogP contribution in [0.25, 0.3) is 0 Å². The average molecular weight is 322 g/mol. The number of aliphatic hydroxyl groups excluding tert-OH is 1. The van der Waals surface area contributed by atoms with Gasteiger partial charge in [-0.2, -0.15) is 0 Å². The van der Waals surface area contributed by atoms with Gasteiger partial charge < -0.3 is 5.11 Å². The monoisotopic (exact) mass is 321 g/mol. The average Bonchev–Trinajstić information content (AvgIpc) is 2.48. The molecule has 21 heavy (non-hydrogen) atoms. The molecule has 0 aliphatic carbocycles. The Bertz CT molecular complexity index is 664. The first-order valence-electron chi connectivity index (χ1n) is 6.31. The molecule has 0 fully saturated rings. The van der Waals surface area contributed by atoms with E-state index in [0.717, 1.165) is 5.03 Å². The first kappa shape index (κ1) is 15.8. The summed E-state index contributed by atoms with van der Waals surface area (Å²) in [7, 11) is 0. The number of aromatic nitrogens is 1. The summed E-state index contributed by atoms with van der Waals surface area (Å²) in [6.45, 7) is 0.0122. The molecule has 0 saturated carbocycles. The van der Waals surface area contributed by atoms with Crippen molar-refractivity contribution in [1.29, 1.82) is 0 Å². The van der Waals surface area contributed by atoms with E-state index in [1.165, 1.54) is 17.8 Å². The van der Waals surface area contributed by atoms with E-state index in [9.17, 15) is 4.39 Å². The van der Waals surface area contributed by atoms with E-state index in [1.807, 2.05) is 0 Å². The number of pyridine rings is 1. The molecule has 1 N–H and O–H groups in total. The van der Waals surface area contributed by atoms with Gasteiger partial charge in [-0.25, -0.2) is 9.37 Å². The predicted octanol–water partition coefficient (Wildman–Crippen LogP) is 3.90. The second kappa shape index (κ2) is 8.04. The maximum absolute atomic E-state index is 14.0. The molecule has 2 aromatic rings. The number of rotatable bonds is 4. The minimum Gasteiger partial charge on any atom is -0.395 e. The highest BCUT2D eigenvalue weighted by Gasteiger charge is 2.04. The number of aliphatic hydroxyl groups is 1. The number of nitrogens with zero attached hydrogens (tertiary/aromatic N) is 1. The van der Waals surface area contributed by atoms with E-state index in [-0.39, 0.29) is 12.4 Å². The van der Waals surface area contributed by atoms with Crippen LogP contribution < -0.4 is 0 Å². The number of benzene rings is 1. The number of hydrogen-bond donors (Lipinski definition) is 1. The standard InChI is InChI=1S/C16H13ClFNOS/c17-14-6-7-16(19-10-14)21-11-13-5-4-12(9-15(13)18)3-1-2-8-20/h4-7,9-10,20H,2,8,11H2. The molecule has 0 unspecified atom stereocenters. The fraction of sp³-hybridized carbons (Fsp3) is 0.188. The van der Waals surface area contributed by atoms with Gasteiger partial charge in [-0.1, -0.05) is 29.5 Å². The lowest BCUT2D eigenvalue weighted by Gasteiger charge is -2.03. The molecule has 0 atom stereocenters. The van der Waals surface area contributed by atoms with Crippen molar-refractivity contribution in [3.63, 3.8) is 0 Å². The highest BCUT2D eigenvalue weighted by atomic mass is 35.5. The second-order valence-corrected chi connectivity index (χ2v) is 5.62. The maximum atomic E-state index is 14.0. The molecule has 5 heteroatoms. The van der Waals surface area contributed by atoms with Crippen LogP contribution in [-0.4, -0.2) is 16.7 Å². The zero-order chi connectivity index (χ0) is 15.1. The third-order valence-corrected chi connectivity index (χ3v) is 3.81. The van der Waals surface area contributed by atoms with Gasteiger partial charge in [0.2, 0.25) is 0 Å². The van der Waals surface area contributed by atoms with Gasteiger partial charge in [0.25, 0.3) is 0 Å². The molecule has 0 saturated heterocycles. The van der Waals surface area contributed by atoms with E-state index < -0.39 is 0 Å². The Morgan fingerprint density at radius 2 is 2.14 bits per heavy atom. The van der Waals surface area contributed by atoms with Gasteiger partial charge in [0, 0.05) is 23.9 Å². The molecular formula is C16H13ClFNOS. The lowest BCUT2D eigenvalue weighted by atomic mass is 10.1. The smallest absolute Gasteiger partial charge is 0.128 e. The summed E-state index contributed by atoms with van der Waals surface area (Å²) in [5, 5.41) is 10.0. The van der Waals surface area contributed by atoms with Gasteiger partial charge in [0.1, 0.15) is 5.82 Å². The topological polar surface area (TPSA) is 33.1 Å². The minimum absolute atomic E-state index is 0.0122. The van der Waals surface area contributed by atoms with Crippen LogP contribution in [0.2, 0.25) is 5.02 Å².